The lowest BCUT2D eigenvalue weighted by Gasteiger charge is -2.34. The van der Waals surface area contributed by atoms with Crippen LogP contribution in [0.5, 0.6) is 0 Å². The minimum atomic E-state index is 0.120. The zero-order valence-corrected chi connectivity index (χ0v) is 15.7. The molecule has 8 heteroatoms. The first-order chi connectivity index (χ1) is 12.5. The third-order valence-electron chi connectivity index (χ3n) is 5.45. The van der Waals surface area contributed by atoms with E-state index in [0.29, 0.717) is 25.4 Å². The zero-order valence-electron chi connectivity index (χ0n) is 15.7. The van der Waals surface area contributed by atoms with Crippen molar-refractivity contribution in [3.63, 3.8) is 0 Å². The van der Waals surface area contributed by atoms with E-state index < -0.39 is 0 Å². The van der Waals surface area contributed by atoms with Crippen LogP contribution in [0.25, 0.3) is 0 Å². The summed E-state index contributed by atoms with van der Waals surface area (Å²) in [5, 5.41) is 13.2. The van der Waals surface area contributed by atoms with Crippen LogP contribution < -0.4 is 0 Å². The summed E-state index contributed by atoms with van der Waals surface area (Å²) in [5.74, 6) is 2.48. The van der Waals surface area contributed by atoms with Gasteiger partial charge < -0.3 is 14.2 Å². The molecule has 0 N–H and O–H groups in total. The Hall–Kier alpha value is -2.22. The Kier molecular flexibility index (Phi) is 4.52. The number of carbonyl (C=O) groups is 1. The van der Waals surface area contributed by atoms with Crippen molar-refractivity contribution in [3.8, 4) is 0 Å². The summed E-state index contributed by atoms with van der Waals surface area (Å²) in [6.45, 7) is 6.88. The molecular formula is C18H26N6O2. The van der Waals surface area contributed by atoms with Crippen molar-refractivity contribution in [1.29, 1.82) is 0 Å². The smallest absolute Gasteiger partial charge is 0.227 e. The fraction of sp³-hybridized carbons (Fsp3) is 0.667. The molecular weight excluding hydrogens is 332 g/mol. The molecule has 0 bridgehead atoms. The van der Waals surface area contributed by atoms with E-state index in [1.54, 1.807) is 4.68 Å². The second-order valence-corrected chi connectivity index (χ2v) is 7.44. The molecule has 2 aliphatic rings. The third-order valence-corrected chi connectivity index (χ3v) is 5.45. The SMILES string of the molecule is Cc1nn(C)cc1CC(=O)N1Cc2nnc(C3CCOCC3)n2[C@@H](C)C1. The molecule has 140 valence electrons. The Labute approximate surface area is 153 Å². The number of aromatic nitrogens is 5. The van der Waals surface area contributed by atoms with Gasteiger partial charge in [-0.25, -0.2) is 0 Å². The van der Waals surface area contributed by atoms with Crippen LogP contribution in [0.2, 0.25) is 0 Å². The molecule has 0 aliphatic carbocycles. The van der Waals surface area contributed by atoms with Crippen molar-refractivity contribution in [2.75, 3.05) is 19.8 Å². The van der Waals surface area contributed by atoms with E-state index in [1.165, 1.54) is 0 Å². The fourth-order valence-corrected chi connectivity index (χ4v) is 4.08. The molecule has 0 unspecified atom stereocenters. The highest BCUT2D eigenvalue weighted by molar-refractivity contribution is 5.79. The lowest BCUT2D eigenvalue weighted by molar-refractivity contribution is -0.132. The number of hydrogen-bond acceptors (Lipinski definition) is 5. The van der Waals surface area contributed by atoms with Gasteiger partial charge in [-0.15, -0.1) is 10.2 Å². The van der Waals surface area contributed by atoms with Crippen molar-refractivity contribution in [3.05, 3.63) is 29.1 Å². The molecule has 2 aliphatic heterocycles. The minimum Gasteiger partial charge on any atom is -0.381 e. The van der Waals surface area contributed by atoms with Crippen LogP contribution in [-0.2, 0) is 29.5 Å². The second-order valence-electron chi connectivity index (χ2n) is 7.44. The number of carbonyl (C=O) groups excluding carboxylic acids is 1. The predicted molar refractivity (Wildman–Crippen MR) is 94.6 cm³/mol. The molecule has 1 fully saturated rings. The number of nitrogens with zero attached hydrogens (tertiary/aromatic N) is 6. The number of rotatable bonds is 3. The van der Waals surface area contributed by atoms with Crippen LogP contribution in [0.1, 0.15) is 54.6 Å². The van der Waals surface area contributed by atoms with E-state index in [-0.39, 0.29) is 11.9 Å². The van der Waals surface area contributed by atoms with Crippen molar-refractivity contribution in [1.82, 2.24) is 29.4 Å². The van der Waals surface area contributed by atoms with Crippen LogP contribution in [0, 0.1) is 6.92 Å². The lowest BCUT2D eigenvalue weighted by Crippen LogP contribution is -2.41. The third kappa shape index (κ3) is 3.13. The fourth-order valence-electron chi connectivity index (χ4n) is 4.08. The highest BCUT2D eigenvalue weighted by atomic mass is 16.5. The number of amides is 1. The second kappa shape index (κ2) is 6.83. The molecule has 0 saturated carbocycles. The average molecular weight is 358 g/mol. The van der Waals surface area contributed by atoms with Gasteiger partial charge in [0.2, 0.25) is 5.91 Å². The summed E-state index contributed by atoms with van der Waals surface area (Å²) in [5.41, 5.74) is 1.90. The highest BCUT2D eigenvalue weighted by Crippen LogP contribution is 2.31. The van der Waals surface area contributed by atoms with Crippen LogP contribution in [-0.4, -0.2) is 55.1 Å². The van der Waals surface area contributed by atoms with Gasteiger partial charge >= 0.3 is 0 Å². The Balaban J connectivity index is 1.50. The van der Waals surface area contributed by atoms with Crippen LogP contribution >= 0.6 is 0 Å². The number of ether oxygens (including phenoxy) is 1. The minimum absolute atomic E-state index is 0.120. The Bertz CT molecular complexity index is 805. The molecule has 4 rings (SSSR count). The Morgan fingerprint density at radius 2 is 2.08 bits per heavy atom. The van der Waals surface area contributed by atoms with Gasteiger partial charge in [0.15, 0.2) is 5.82 Å². The first-order valence-electron chi connectivity index (χ1n) is 9.31. The molecule has 2 aromatic rings. The van der Waals surface area contributed by atoms with E-state index >= 15 is 0 Å². The molecule has 2 aromatic heterocycles. The maximum atomic E-state index is 12.8. The molecule has 1 saturated heterocycles. The molecule has 1 amide bonds. The summed E-state index contributed by atoms with van der Waals surface area (Å²) in [6.07, 6.45) is 4.29. The first-order valence-corrected chi connectivity index (χ1v) is 9.31. The van der Waals surface area contributed by atoms with E-state index in [1.807, 2.05) is 25.1 Å². The maximum Gasteiger partial charge on any atom is 0.227 e. The molecule has 26 heavy (non-hydrogen) atoms. The summed E-state index contributed by atoms with van der Waals surface area (Å²) < 4.78 is 9.47. The molecule has 1 atom stereocenters. The molecule has 8 nitrogen and oxygen atoms in total. The quantitative estimate of drug-likeness (QED) is 0.828. The monoisotopic (exact) mass is 358 g/mol. The van der Waals surface area contributed by atoms with Crippen molar-refractivity contribution >= 4 is 5.91 Å². The van der Waals surface area contributed by atoms with Crippen molar-refractivity contribution in [2.24, 2.45) is 7.05 Å². The van der Waals surface area contributed by atoms with Crippen LogP contribution in [0.3, 0.4) is 0 Å². The van der Waals surface area contributed by atoms with E-state index in [2.05, 4.69) is 26.8 Å². The summed E-state index contributed by atoms with van der Waals surface area (Å²) in [7, 11) is 1.88. The highest BCUT2D eigenvalue weighted by Gasteiger charge is 2.32. The van der Waals surface area contributed by atoms with Crippen LogP contribution in [0.15, 0.2) is 6.20 Å². The van der Waals surface area contributed by atoms with Gasteiger partial charge in [0.25, 0.3) is 0 Å². The average Bonchev–Trinajstić information content (AvgIpc) is 3.19. The molecule has 0 radical (unpaired) electrons. The van der Waals surface area contributed by atoms with Gasteiger partial charge in [-0.2, -0.15) is 5.10 Å². The van der Waals surface area contributed by atoms with Gasteiger partial charge in [0, 0.05) is 44.5 Å². The first kappa shape index (κ1) is 17.2. The van der Waals surface area contributed by atoms with Gasteiger partial charge in [0.05, 0.1) is 24.7 Å². The zero-order chi connectivity index (χ0) is 18.3. The van der Waals surface area contributed by atoms with E-state index in [0.717, 1.165) is 49.0 Å². The summed E-state index contributed by atoms with van der Waals surface area (Å²) in [6, 6.07) is 0.186. The Morgan fingerprint density at radius 3 is 2.77 bits per heavy atom. The number of hydrogen-bond donors (Lipinski definition) is 0. The summed E-state index contributed by atoms with van der Waals surface area (Å²) in [4.78, 5) is 14.7. The van der Waals surface area contributed by atoms with Gasteiger partial charge in [-0.05, 0) is 26.7 Å². The topological polar surface area (TPSA) is 78.1 Å². The number of fused-ring (bicyclic) bond motifs is 1. The Morgan fingerprint density at radius 1 is 1.31 bits per heavy atom. The van der Waals surface area contributed by atoms with Crippen LogP contribution in [0.4, 0.5) is 0 Å². The standard InChI is InChI=1S/C18H26N6O2/c1-12-9-23(17(25)8-15-10-22(3)21-13(15)2)11-16-19-20-18(24(12)16)14-4-6-26-7-5-14/h10,12,14H,4-9,11H2,1-3H3/t12-/m0/s1. The number of aryl methyl sites for hydroxylation is 2. The van der Waals surface area contributed by atoms with E-state index in [4.69, 9.17) is 4.74 Å². The maximum absolute atomic E-state index is 12.8. The van der Waals surface area contributed by atoms with E-state index in [9.17, 15) is 4.79 Å². The largest absolute Gasteiger partial charge is 0.381 e. The normalized spacial score (nSPS) is 21.0. The lowest BCUT2D eigenvalue weighted by atomic mass is 9.98. The van der Waals surface area contributed by atoms with Gasteiger partial charge in [-0.3, -0.25) is 9.48 Å². The van der Waals surface area contributed by atoms with Gasteiger partial charge in [-0.1, -0.05) is 0 Å². The van der Waals surface area contributed by atoms with Crippen molar-refractivity contribution in [2.45, 2.75) is 51.6 Å². The summed E-state index contributed by atoms with van der Waals surface area (Å²) >= 11 is 0. The predicted octanol–water partition coefficient (Wildman–Crippen LogP) is 1.36. The molecule has 0 spiro atoms. The van der Waals surface area contributed by atoms with Crippen molar-refractivity contribution < 1.29 is 9.53 Å². The van der Waals surface area contributed by atoms with Gasteiger partial charge in [0.1, 0.15) is 5.82 Å². The molecule has 4 heterocycles. The molecule has 0 aromatic carbocycles.